The SMILES string of the molecule is CC1CC[C@@H](c2cc(F)c(-c3cc(F)c(C(F)(F)Oc4cc(F)c(OC(F)(F)F)c(F)c4)c(F)c3)c(F)c2)OC1. The number of hydrogen-bond acceptors (Lipinski definition) is 3. The Hall–Kier alpha value is -3.55. The van der Waals surface area contributed by atoms with Gasteiger partial charge in [-0.05, 0) is 54.2 Å². The molecule has 40 heavy (non-hydrogen) atoms. The molecule has 4 rings (SSSR count). The van der Waals surface area contributed by atoms with Crippen LogP contribution in [-0.2, 0) is 10.8 Å². The van der Waals surface area contributed by atoms with Gasteiger partial charge in [-0.25, -0.2) is 26.3 Å². The molecule has 0 spiro atoms. The van der Waals surface area contributed by atoms with Gasteiger partial charge in [0.25, 0.3) is 0 Å². The number of halogens is 11. The average molecular weight is 586 g/mol. The highest BCUT2D eigenvalue weighted by molar-refractivity contribution is 5.66. The van der Waals surface area contributed by atoms with Crippen LogP contribution in [0.5, 0.6) is 11.5 Å². The zero-order valence-electron chi connectivity index (χ0n) is 20.1. The van der Waals surface area contributed by atoms with E-state index in [9.17, 15) is 48.3 Å². The minimum atomic E-state index is -5.52. The lowest BCUT2D eigenvalue weighted by Crippen LogP contribution is -2.25. The molecule has 216 valence electrons. The second-order valence-corrected chi connectivity index (χ2v) is 9.06. The molecule has 0 bridgehead atoms. The minimum absolute atomic E-state index is 0.134. The second kappa shape index (κ2) is 10.8. The van der Waals surface area contributed by atoms with Crippen molar-refractivity contribution in [2.24, 2.45) is 5.92 Å². The Bertz CT molecular complexity index is 1340. The molecule has 1 unspecified atom stereocenters. The van der Waals surface area contributed by atoms with E-state index in [1.165, 1.54) is 0 Å². The maximum Gasteiger partial charge on any atom is 0.573 e. The lowest BCUT2D eigenvalue weighted by atomic mass is 9.93. The molecule has 1 aliphatic heterocycles. The quantitative estimate of drug-likeness (QED) is 0.271. The first-order chi connectivity index (χ1) is 18.6. The van der Waals surface area contributed by atoms with Gasteiger partial charge in [0.15, 0.2) is 11.6 Å². The molecule has 0 aromatic heterocycles. The summed E-state index contributed by atoms with van der Waals surface area (Å²) in [5, 5.41) is 0. The van der Waals surface area contributed by atoms with Crippen LogP contribution in [0.2, 0.25) is 0 Å². The molecule has 0 N–H and O–H groups in total. The van der Waals surface area contributed by atoms with Crippen LogP contribution in [0.1, 0.15) is 37.0 Å². The van der Waals surface area contributed by atoms with Crippen molar-refractivity contribution in [2.75, 3.05) is 6.61 Å². The Balaban J connectivity index is 1.63. The second-order valence-electron chi connectivity index (χ2n) is 9.06. The van der Waals surface area contributed by atoms with E-state index in [1.807, 2.05) is 6.92 Å². The lowest BCUT2D eigenvalue weighted by molar-refractivity contribution is -0.276. The summed E-state index contributed by atoms with van der Waals surface area (Å²) in [5.41, 5.74) is -3.69. The third-order valence-electron chi connectivity index (χ3n) is 6.00. The molecule has 1 heterocycles. The fraction of sp³-hybridized carbons (Fsp3) is 0.308. The first-order valence-corrected chi connectivity index (χ1v) is 11.5. The van der Waals surface area contributed by atoms with Crippen LogP contribution in [0, 0.1) is 40.8 Å². The topological polar surface area (TPSA) is 27.7 Å². The van der Waals surface area contributed by atoms with Gasteiger partial charge in [0.05, 0.1) is 11.7 Å². The smallest absolute Gasteiger partial charge is 0.429 e. The number of hydrogen-bond donors (Lipinski definition) is 0. The summed E-state index contributed by atoms with van der Waals surface area (Å²) < 4.78 is 166. The number of rotatable bonds is 6. The van der Waals surface area contributed by atoms with Gasteiger partial charge in [0.1, 0.15) is 34.6 Å². The van der Waals surface area contributed by atoms with Gasteiger partial charge in [-0.1, -0.05) is 6.92 Å². The van der Waals surface area contributed by atoms with E-state index in [2.05, 4.69) is 9.47 Å². The van der Waals surface area contributed by atoms with Crippen molar-refractivity contribution in [3.8, 4) is 22.6 Å². The van der Waals surface area contributed by atoms with Crippen molar-refractivity contribution in [1.29, 1.82) is 0 Å². The molecule has 3 nitrogen and oxygen atoms in total. The van der Waals surface area contributed by atoms with Crippen molar-refractivity contribution in [1.82, 2.24) is 0 Å². The van der Waals surface area contributed by atoms with Gasteiger partial charge in [0, 0.05) is 18.7 Å². The minimum Gasteiger partial charge on any atom is -0.429 e. The summed E-state index contributed by atoms with van der Waals surface area (Å²) in [4.78, 5) is 0. The summed E-state index contributed by atoms with van der Waals surface area (Å²) >= 11 is 0. The third kappa shape index (κ3) is 6.26. The summed E-state index contributed by atoms with van der Waals surface area (Å²) in [7, 11) is 0. The van der Waals surface area contributed by atoms with Gasteiger partial charge in [0.2, 0.25) is 5.75 Å². The molecule has 1 aliphatic rings. The van der Waals surface area contributed by atoms with E-state index in [-0.39, 0.29) is 35.7 Å². The van der Waals surface area contributed by atoms with E-state index in [0.717, 1.165) is 18.6 Å². The normalized spacial score (nSPS) is 18.1. The Morgan fingerprint density at radius 3 is 1.73 bits per heavy atom. The Morgan fingerprint density at radius 2 is 1.25 bits per heavy atom. The van der Waals surface area contributed by atoms with Gasteiger partial charge in [-0.2, -0.15) is 8.78 Å². The number of benzene rings is 3. The summed E-state index contributed by atoms with van der Waals surface area (Å²) in [6, 6.07) is 1.91. The largest absolute Gasteiger partial charge is 0.573 e. The molecule has 3 aromatic carbocycles. The first kappa shape index (κ1) is 29.4. The summed E-state index contributed by atoms with van der Waals surface area (Å²) in [5.74, 6) is -14.0. The van der Waals surface area contributed by atoms with E-state index in [4.69, 9.17) is 4.74 Å². The average Bonchev–Trinajstić information content (AvgIpc) is 2.80. The molecule has 0 radical (unpaired) electrons. The zero-order valence-corrected chi connectivity index (χ0v) is 20.1. The van der Waals surface area contributed by atoms with Crippen molar-refractivity contribution in [2.45, 2.75) is 38.3 Å². The molecule has 0 aliphatic carbocycles. The number of alkyl halides is 5. The van der Waals surface area contributed by atoms with Gasteiger partial charge in [-0.3, -0.25) is 0 Å². The fourth-order valence-electron chi connectivity index (χ4n) is 4.20. The standard InChI is InChI=1S/C26H17F11O3/c1-11-2-3-21(38-10-11)12-4-15(27)22(16(28)5-12)13-6-17(29)23(18(30)7-13)25(33,34)39-14-8-19(31)24(20(32)9-14)40-26(35,36)37/h4-9,11,21H,2-3,10H2,1H3/t11?,21-/m0/s1. The Kier molecular flexibility index (Phi) is 7.94. The molecule has 0 amide bonds. The highest BCUT2D eigenvalue weighted by atomic mass is 19.4. The third-order valence-corrected chi connectivity index (χ3v) is 6.00. The van der Waals surface area contributed by atoms with Crippen LogP contribution in [0.15, 0.2) is 36.4 Å². The van der Waals surface area contributed by atoms with E-state index in [1.54, 1.807) is 0 Å². The summed E-state index contributed by atoms with van der Waals surface area (Å²) in [6.45, 7) is 2.29. The lowest BCUT2D eigenvalue weighted by Gasteiger charge is -2.27. The summed E-state index contributed by atoms with van der Waals surface area (Å²) in [6.07, 6.45) is -9.94. The molecule has 14 heteroatoms. The van der Waals surface area contributed by atoms with Crippen molar-refractivity contribution in [3.63, 3.8) is 0 Å². The van der Waals surface area contributed by atoms with Gasteiger partial charge >= 0.3 is 12.5 Å². The molecular weight excluding hydrogens is 569 g/mol. The zero-order chi connectivity index (χ0) is 29.6. The highest BCUT2D eigenvalue weighted by Crippen LogP contribution is 2.40. The van der Waals surface area contributed by atoms with Crippen LogP contribution >= 0.6 is 0 Å². The van der Waals surface area contributed by atoms with Crippen LogP contribution < -0.4 is 9.47 Å². The van der Waals surface area contributed by atoms with Crippen molar-refractivity contribution in [3.05, 3.63) is 82.4 Å². The molecule has 1 fully saturated rings. The van der Waals surface area contributed by atoms with Crippen LogP contribution in [-0.4, -0.2) is 13.0 Å². The van der Waals surface area contributed by atoms with Crippen LogP contribution in [0.3, 0.4) is 0 Å². The Labute approximate surface area is 219 Å². The monoisotopic (exact) mass is 586 g/mol. The van der Waals surface area contributed by atoms with Crippen molar-refractivity contribution >= 4 is 0 Å². The molecule has 3 aromatic rings. The maximum atomic E-state index is 14.9. The molecule has 1 saturated heterocycles. The predicted molar refractivity (Wildman–Crippen MR) is 116 cm³/mol. The van der Waals surface area contributed by atoms with Crippen molar-refractivity contribution < 1.29 is 62.5 Å². The Morgan fingerprint density at radius 1 is 0.700 bits per heavy atom. The molecule has 2 atom stereocenters. The number of ether oxygens (including phenoxy) is 3. The fourth-order valence-corrected chi connectivity index (χ4v) is 4.20. The van der Waals surface area contributed by atoms with Crippen LogP contribution in [0.25, 0.3) is 11.1 Å². The van der Waals surface area contributed by atoms with E-state index in [0.29, 0.717) is 13.0 Å². The maximum absolute atomic E-state index is 14.9. The molecule has 0 saturated carbocycles. The van der Waals surface area contributed by atoms with Crippen LogP contribution in [0.4, 0.5) is 48.3 Å². The van der Waals surface area contributed by atoms with Gasteiger partial charge < -0.3 is 14.2 Å². The predicted octanol–water partition coefficient (Wildman–Crippen LogP) is 8.70. The van der Waals surface area contributed by atoms with E-state index >= 15 is 0 Å². The van der Waals surface area contributed by atoms with E-state index < -0.39 is 81.7 Å². The first-order valence-electron chi connectivity index (χ1n) is 11.5. The molecular formula is C26H17F11O3. The van der Waals surface area contributed by atoms with Gasteiger partial charge in [-0.15, -0.1) is 13.2 Å². The highest BCUT2D eigenvalue weighted by Gasteiger charge is 2.42.